The van der Waals surface area contributed by atoms with Gasteiger partial charge in [-0.2, -0.15) is 13.2 Å². The number of ether oxygens (including phenoxy) is 1. The smallest absolute Gasteiger partial charge is 0.362 e. The summed E-state index contributed by atoms with van der Waals surface area (Å²) in [5.41, 5.74) is 0. The van der Waals surface area contributed by atoms with Crippen LogP contribution in [0, 0.1) is 0 Å². The molecule has 15 heavy (non-hydrogen) atoms. The van der Waals surface area contributed by atoms with Gasteiger partial charge in [0.1, 0.15) is 13.2 Å². The first-order valence-electron chi connectivity index (χ1n) is 4.57. The van der Waals surface area contributed by atoms with E-state index in [0.29, 0.717) is 13.2 Å². The molecule has 7 heteroatoms. The number of amides is 1. The molecule has 0 N–H and O–H groups in total. The lowest BCUT2D eigenvalue weighted by molar-refractivity contribution is -0.208. The molecule has 1 aliphatic heterocycles. The second-order valence-corrected chi connectivity index (χ2v) is 3.14. The molecule has 1 rings (SSSR count). The number of nitrogens with zero attached hydrogens (tertiary/aromatic N) is 1. The van der Waals surface area contributed by atoms with E-state index in [1.54, 1.807) is 0 Å². The molecular weight excluding hydrogens is 215 g/mol. The van der Waals surface area contributed by atoms with Crippen LogP contribution in [0.3, 0.4) is 0 Å². The van der Waals surface area contributed by atoms with Gasteiger partial charge in [0.2, 0.25) is 0 Å². The van der Waals surface area contributed by atoms with Crippen molar-refractivity contribution >= 4 is 5.91 Å². The maximum Gasteiger partial charge on any atom is 0.411 e. The van der Waals surface area contributed by atoms with E-state index in [1.807, 2.05) is 0 Å². The van der Waals surface area contributed by atoms with E-state index in [0.717, 1.165) is 17.9 Å². The topological polar surface area (TPSA) is 38.8 Å². The minimum atomic E-state index is -4.40. The highest BCUT2D eigenvalue weighted by atomic mass is 19.4. The maximum absolute atomic E-state index is 11.7. The molecule has 0 bridgehead atoms. The summed E-state index contributed by atoms with van der Waals surface area (Å²) in [6.45, 7) is -1.18. The van der Waals surface area contributed by atoms with Gasteiger partial charge in [-0.3, -0.25) is 9.63 Å². The van der Waals surface area contributed by atoms with Gasteiger partial charge in [-0.25, -0.2) is 5.06 Å². The number of hydrogen-bond acceptors (Lipinski definition) is 3. The molecule has 0 atom stereocenters. The van der Waals surface area contributed by atoms with Crippen molar-refractivity contribution in [2.75, 3.05) is 26.4 Å². The lowest BCUT2D eigenvalue weighted by Crippen LogP contribution is -2.38. The van der Waals surface area contributed by atoms with Crippen molar-refractivity contribution in [2.45, 2.75) is 19.0 Å². The molecule has 0 saturated carbocycles. The van der Waals surface area contributed by atoms with Crippen LogP contribution in [0.5, 0.6) is 0 Å². The molecule has 1 amide bonds. The predicted molar refractivity (Wildman–Crippen MR) is 43.8 cm³/mol. The van der Waals surface area contributed by atoms with E-state index in [4.69, 9.17) is 4.84 Å². The van der Waals surface area contributed by atoms with Crippen molar-refractivity contribution in [1.29, 1.82) is 0 Å². The molecule has 0 aromatic heterocycles. The Morgan fingerprint density at radius 2 is 2.13 bits per heavy atom. The Balaban J connectivity index is 2.17. The third kappa shape index (κ3) is 4.98. The van der Waals surface area contributed by atoms with E-state index in [9.17, 15) is 18.0 Å². The molecule has 1 heterocycles. The Bertz CT molecular complexity index is 214. The van der Waals surface area contributed by atoms with Crippen LogP contribution in [0.4, 0.5) is 13.2 Å². The molecule has 0 aliphatic carbocycles. The Labute approximate surface area is 84.9 Å². The third-order valence-corrected chi connectivity index (χ3v) is 1.77. The fourth-order valence-corrected chi connectivity index (χ4v) is 1.12. The zero-order valence-electron chi connectivity index (χ0n) is 8.05. The average molecular weight is 227 g/mol. The van der Waals surface area contributed by atoms with Crippen molar-refractivity contribution in [3.63, 3.8) is 0 Å². The molecule has 1 fully saturated rings. The Morgan fingerprint density at radius 1 is 1.40 bits per heavy atom. The largest absolute Gasteiger partial charge is 0.411 e. The molecule has 0 aromatic rings. The van der Waals surface area contributed by atoms with Gasteiger partial charge < -0.3 is 4.74 Å². The van der Waals surface area contributed by atoms with E-state index in [1.165, 1.54) is 0 Å². The minimum absolute atomic E-state index is 0.411. The number of rotatable bonds is 3. The number of hydrogen-bond donors (Lipinski definition) is 0. The second kappa shape index (κ2) is 5.32. The van der Waals surface area contributed by atoms with E-state index in [-0.39, 0.29) is 0 Å². The average Bonchev–Trinajstić information content (AvgIpc) is 2.17. The number of alkyl halides is 3. The fraction of sp³-hybridized carbons (Fsp3) is 0.875. The SMILES string of the molecule is O=C(COCC(F)(F)F)N1CCCCO1. The van der Waals surface area contributed by atoms with Gasteiger partial charge in [-0.15, -0.1) is 0 Å². The minimum Gasteiger partial charge on any atom is -0.362 e. The van der Waals surface area contributed by atoms with Gasteiger partial charge in [0.25, 0.3) is 5.91 Å². The maximum atomic E-state index is 11.7. The second-order valence-electron chi connectivity index (χ2n) is 3.14. The first-order chi connectivity index (χ1) is 6.99. The van der Waals surface area contributed by atoms with Gasteiger partial charge in [-0.1, -0.05) is 0 Å². The molecule has 1 saturated heterocycles. The normalized spacial score (nSPS) is 17.9. The first kappa shape index (κ1) is 12.3. The fourth-order valence-electron chi connectivity index (χ4n) is 1.12. The van der Waals surface area contributed by atoms with Crippen molar-refractivity contribution < 1.29 is 27.5 Å². The summed E-state index contributed by atoms with van der Waals surface area (Å²) in [6, 6.07) is 0. The highest BCUT2D eigenvalue weighted by Crippen LogP contribution is 2.14. The molecule has 0 spiro atoms. The third-order valence-electron chi connectivity index (χ3n) is 1.77. The zero-order valence-corrected chi connectivity index (χ0v) is 8.05. The van der Waals surface area contributed by atoms with Gasteiger partial charge >= 0.3 is 6.18 Å². The molecule has 1 aliphatic rings. The van der Waals surface area contributed by atoms with Crippen LogP contribution in [0.15, 0.2) is 0 Å². The summed E-state index contributed by atoms with van der Waals surface area (Å²) in [5, 5.41) is 1.06. The van der Waals surface area contributed by atoms with Crippen LogP contribution in [0.2, 0.25) is 0 Å². The van der Waals surface area contributed by atoms with Crippen LogP contribution in [-0.2, 0) is 14.4 Å². The number of carbonyl (C=O) groups is 1. The lowest BCUT2D eigenvalue weighted by atomic mass is 10.3. The summed E-state index contributed by atoms with van der Waals surface area (Å²) >= 11 is 0. The molecule has 4 nitrogen and oxygen atoms in total. The van der Waals surface area contributed by atoms with Crippen molar-refractivity contribution in [1.82, 2.24) is 5.06 Å². The highest BCUT2D eigenvalue weighted by molar-refractivity contribution is 5.76. The number of halogens is 3. The first-order valence-corrected chi connectivity index (χ1v) is 4.57. The van der Waals surface area contributed by atoms with Crippen LogP contribution in [-0.4, -0.2) is 43.5 Å². The Morgan fingerprint density at radius 3 is 2.67 bits per heavy atom. The van der Waals surface area contributed by atoms with Crippen molar-refractivity contribution in [2.24, 2.45) is 0 Å². The van der Waals surface area contributed by atoms with Crippen LogP contribution < -0.4 is 0 Å². The van der Waals surface area contributed by atoms with Gasteiger partial charge in [0, 0.05) is 6.54 Å². The number of carbonyl (C=O) groups excluding carboxylic acids is 1. The summed E-state index contributed by atoms with van der Waals surface area (Å²) in [5.74, 6) is -0.570. The van der Waals surface area contributed by atoms with Crippen LogP contribution >= 0.6 is 0 Å². The molecule has 0 unspecified atom stereocenters. The van der Waals surface area contributed by atoms with E-state index < -0.39 is 25.3 Å². The summed E-state index contributed by atoms with van der Waals surface area (Å²) in [4.78, 5) is 16.1. The van der Waals surface area contributed by atoms with Crippen LogP contribution in [0.25, 0.3) is 0 Å². The molecule has 0 radical (unpaired) electrons. The summed E-state index contributed by atoms with van der Waals surface area (Å²) in [7, 11) is 0. The van der Waals surface area contributed by atoms with Gasteiger partial charge in [-0.05, 0) is 12.8 Å². The Kier molecular flexibility index (Phi) is 4.34. The Hall–Kier alpha value is -0.820. The molecule has 88 valence electrons. The van der Waals surface area contributed by atoms with Crippen LogP contribution in [0.1, 0.15) is 12.8 Å². The van der Waals surface area contributed by atoms with Crippen molar-refractivity contribution in [3.8, 4) is 0 Å². The summed E-state index contributed by atoms with van der Waals surface area (Å²) in [6.07, 6.45) is -2.75. The number of hydroxylamine groups is 2. The molecule has 0 aromatic carbocycles. The predicted octanol–water partition coefficient (Wildman–Crippen LogP) is 1.12. The highest BCUT2D eigenvalue weighted by Gasteiger charge is 2.28. The zero-order chi connectivity index (χ0) is 11.3. The lowest BCUT2D eigenvalue weighted by Gasteiger charge is -2.25. The quantitative estimate of drug-likeness (QED) is 0.725. The van der Waals surface area contributed by atoms with E-state index in [2.05, 4.69) is 4.74 Å². The van der Waals surface area contributed by atoms with Gasteiger partial charge in [0.15, 0.2) is 0 Å². The van der Waals surface area contributed by atoms with Gasteiger partial charge in [0.05, 0.1) is 6.61 Å². The molecular formula is C8H12F3NO3. The van der Waals surface area contributed by atoms with E-state index >= 15 is 0 Å². The standard InChI is InChI=1S/C8H12F3NO3/c9-8(10,11)6-14-5-7(13)12-3-1-2-4-15-12/h1-6H2. The summed E-state index contributed by atoms with van der Waals surface area (Å²) < 4.78 is 39.2. The monoisotopic (exact) mass is 227 g/mol. The van der Waals surface area contributed by atoms with Crippen molar-refractivity contribution in [3.05, 3.63) is 0 Å².